The standard InChI is InChI=1S/C39H46ClFN6O3Si/c1-37(2,3)51(28-12-6-4-7-13-28,29-14-8-5-9-15-29)50-27-20-39(17-11-19-47(39)23-27)26-49-36-44-33-30(22-42-34(40)32(33)41)35(45-36)46-18-10-16-38(25-46)21-31(48)43-24-38/h4-9,12-15,22,27H,10-11,16-21,23-26H2,1-3H3,(H,43,48)/t27-,38-,39+/m0/s1. The third-order valence-corrected chi connectivity index (χ3v) is 17.1. The molecule has 0 saturated carbocycles. The SMILES string of the molecule is CC(C)(C)[Si](O[C@@H]1CN2CCC[C@]2(COc2nc(N3CCC[C@]4(CNC(=O)C4)C3)c3cnc(Cl)c(F)c3n2)C1)(c1ccccc1)c1ccccc1. The molecule has 12 heteroatoms. The van der Waals surface area contributed by atoms with Crippen molar-refractivity contribution in [1.29, 1.82) is 0 Å². The van der Waals surface area contributed by atoms with E-state index in [4.69, 9.17) is 25.7 Å². The van der Waals surface area contributed by atoms with Crippen LogP contribution in [0.25, 0.3) is 10.9 Å². The van der Waals surface area contributed by atoms with Crippen LogP contribution >= 0.6 is 11.6 Å². The van der Waals surface area contributed by atoms with Crippen LogP contribution in [-0.4, -0.2) is 85.0 Å². The van der Waals surface area contributed by atoms with Crippen molar-refractivity contribution >= 4 is 52.9 Å². The molecule has 268 valence electrons. The van der Waals surface area contributed by atoms with Crippen LogP contribution in [0.1, 0.15) is 59.3 Å². The van der Waals surface area contributed by atoms with Crippen LogP contribution in [0, 0.1) is 11.2 Å². The van der Waals surface area contributed by atoms with Crippen LogP contribution in [-0.2, 0) is 9.22 Å². The van der Waals surface area contributed by atoms with Gasteiger partial charge in [-0.3, -0.25) is 9.69 Å². The second-order valence-corrected chi connectivity index (χ2v) is 20.7. The van der Waals surface area contributed by atoms with Crippen LogP contribution in [0.2, 0.25) is 10.2 Å². The summed E-state index contributed by atoms with van der Waals surface area (Å²) < 4.78 is 29.7. The summed E-state index contributed by atoms with van der Waals surface area (Å²) in [5.41, 5.74) is -0.344. The van der Waals surface area contributed by atoms with Crippen molar-refractivity contribution in [3.63, 3.8) is 0 Å². The number of ether oxygens (including phenoxy) is 1. The predicted octanol–water partition coefficient (Wildman–Crippen LogP) is 5.49. The lowest BCUT2D eigenvalue weighted by Gasteiger charge is -2.44. The Bertz CT molecular complexity index is 1890. The molecule has 9 nitrogen and oxygen atoms in total. The molecule has 0 unspecified atom stereocenters. The van der Waals surface area contributed by atoms with Crippen molar-refractivity contribution < 1.29 is 18.3 Å². The van der Waals surface area contributed by atoms with Crippen LogP contribution < -0.4 is 25.3 Å². The van der Waals surface area contributed by atoms with E-state index >= 15 is 4.39 Å². The largest absolute Gasteiger partial charge is 0.461 e. The molecule has 1 N–H and O–H groups in total. The van der Waals surface area contributed by atoms with Gasteiger partial charge < -0.3 is 19.4 Å². The highest BCUT2D eigenvalue weighted by Crippen LogP contribution is 2.45. The number of nitrogens with zero attached hydrogens (tertiary/aromatic N) is 5. The number of halogens is 2. The zero-order chi connectivity index (χ0) is 35.4. The minimum absolute atomic E-state index is 0.00267. The Morgan fingerprint density at radius 2 is 1.73 bits per heavy atom. The van der Waals surface area contributed by atoms with E-state index in [1.54, 1.807) is 6.20 Å². The Morgan fingerprint density at radius 3 is 2.39 bits per heavy atom. The summed E-state index contributed by atoms with van der Waals surface area (Å²) in [5.74, 6) is -0.0500. The molecule has 3 atom stereocenters. The van der Waals surface area contributed by atoms with E-state index in [2.05, 4.69) is 107 Å². The molecule has 4 aliphatic rings. The minimum Gasteiger partial charge on any atom is -0.461 e. The molecule has 51 heavy (non-hydrogen) atoms. The molecular weight excluding hydrogens is 683 g/mol. The first-order chi connectivity index (χ1) is 24.5. The van der Waals surface area contributed by atoms with Gasteiger partial charge in [0, 0.05) is 44.2 Å². The maximum atomic E-state index is 15.6. The maximum absolute atomic E-state index is 15.6. The summed E-state index contributed by atoms with van der Waals surface area (Å²) in [6.07, 6.45) is 6.71. The molecular formula is C39H46ClFN6O3Si. The molecule has 2 aromatic carbocycles. The van der Waals surface area contributed by atoms with Gasteiger partial charge in [0.25, 0.3) is 8.32 Å². The van der Waals surface area contributed by atoms with Gasteiger partial charge in [-0.2, -0.15) is 9.97 Å². The molecule has 6 heterocycles. The number of carbonyl (C=O) groups is 1. The number of hydrogen-bond acceptors (Lipinski definition) is 8. The van der Waals surface area contributed by atoms with E-state index in [-0.39, 0.29) is 44.7 Å². The van der Waals surface area contributed by atoms with Gasteiger partial charge in [0.1, 0.15) is 17.9 Å². The van der Waals surface area contributed by atoms with Crippen molar-refractivity contribution in [2.45, 2.75) is 76.0 Å². The zero-order valence-corrected chi connectivity index (χ0v) is 31.4. The Labute approximate surface area is 305 Å². The fraction of sp³-hybridized carbons (Fsp3) is 0.487. The van der Waals surface area contributed by atoms with Crippen molar-refractivity contribution in [2.24, 2.45) is 5.41 Å². The van der Waals surface area contributed by atoms with E-state index in [0.29, 0.717) is 37.3 Å². The van der Waals surface area contributed by atoms with Gasteiger partial charge in [-0.05, 0) is 54.1 Å². The van der Waals surface area contributed by atoms with Crippen molar-refractivity contribution in [3.8, 4) is 6.01 Å². The Morgan fingerprint density at radius 1 is 1.02 bits per heavy atom. The van der Waals surface area contributed by atoms with Gasteiger partial charge in [0.15, 0.2) is 11.0 Å². The molecule has 4 saturated heterocycles. The van der Waals surface area contributed by atoms with Gasteiger partial charge in [-0.1, -0.05) is 93.0 Å². The second-order valence-electron chi connectivity index (χ2n) is 16.1. The number of amides is 1. The summed E-state index contributed by atoms with van der Waals surface area (Å²) in [4.78, 5) is 30.5. The first-order valence-corrected chi connectivity index (χ1v) is 20.5. The fourth-order valence-electron chi connectivity index (χ4n) is 9.42. The lowest BCUT2D eigenvalue weighted by atomic mass is 9.79. The summed E-state index contributed by atoms with van der Waals surface area (Å²) in [6.45, 7) is 11.1. The van der Waals surface area contributed by atoms with E-state index in [1.165, 1.54) is 10.4 Å². The summed E-state index contributed by atoms with van der Waals surface area (Å²) in [5, 5.41) is 5.67. The average molecular weight is 729 g/mol. The van der Waals surface area contributed by atoms with Crippen LogP contribution in [0.3, 0.4) is 0 Å². The molecule has 4 aromatic rings. The molecule has 4 fully saturated rings. The quantitative estimate of drug-likeness (QED) is 0.188. The average Bonchev–Trinajstić information content (AvgIpc) is 3.79. The summed E-state index contributed by atoms with van der Waals surface area (Å²) in [6, 6.07) is 21.7. The number of fused-ring (bicyclic) bond motifs is 2. The highest BCUT2D eigenvalue weighted by Gasteiger charge is 2.56. The van der Waals surface area contributed by atoms with Gasteiger partial charge in [-0.25, -0.2) is 9.37 Å². The highest BCUT2D eigenvalue weighted by atomic mass is 35.5. The number of hydrogen-bond donors (Lipinski definition) is 1. The molecule has 2 aromatic heterocycles. The number of aromatic nitrogens is 3. The smallest absolute Gasteiger partial charge is 0.319 e. The van der Waals surface area contributed by atoms with Crippen molar-refractivity contribution in [2.75, 3.05) is 44.2 Å². The number of rotatable bonds is 8. The van der Waals surface area contributed by atoms with Crippen molar-refractivity contribution in [1.82, 2.24) is 25.2 Å². The lowest BCUT2D eigenvalue weighted by Crippen LogP contribution is -2.67. The molecule has 8 rings (SSSR count). The molecule has 1 spiro atoms. The summed E-state index contributed by atoms with van der Waals surface area (Å²) >= 11 is 6.17. The minimum atomic E-state index is -2.75. The van der Waals surface area contributed by atoms with Crippen LogP contribution in [0.5, 0.6) is 6.01 Å². The number of anilines is 1. The Kier molecular flexibility index (Phi) is 8.84. The van der Waals surface area contributed by atoms with Crippen molar-refractivity contribution in [3.05, 3.63) is 77.8 Å². The van der Waals surface area contributed by atoms with Gasteiger partial charge in [-0.15, -0.1) is 0 Å². The molecule has 0 aliphatic carbocycles. The summed E-state index contributed by atoms with van der Waals surface area (Å²) in [7, 11) is -2.75. The van der Waals surface area contributed by atoms with Gasteiger partial charge in [0.2, 0.25) is 5.91 Å². The number of pyridine rings is 1. The highest BCUT2D eigenvalue weighted by molar-refractivity contribution is 6.99. The zero-order valence-electron chi connectivity index (χ0n) is 29.6. The number of piperidine rings is 1. The molecule has 0 radical (unpaired) electrons. The molecule has 0 bridgehead atoms. The maximum Gasteiger partial charge on any atom is 0.319 e. The topological polar surface area (TPSA) is 92.7 Å². The second kappa shape index (κ2) is 13.1. The fourth-order valence-corrected chi connectivity index (χ4v) is 14.2. The normalized spacial score (nSPS) is 25.5. The van der Waals surface area contributed by atoms with E-state index in [0.717, 1.165) is 51.7 Å². The lowest BCUT2D eigenvalue weighted by molar-refractivity contribution is -0.119. The third-order valence-electron chi connectivity index (χ3n) is 11.8. The van der Waals surface area contributed by atoms with Crippen LogP contribution in [0.4, 0.5) is 10.2 Å². The van der Waals surface area contributed by atoms with E-state index < -0.39 is 14.1 Å². The predicted molar refractivity (Wildman–Crippen MR) is 200 cm³/mol. The first-order valence-electron chi connectivity index (χ1n) is 18.2. The van der Waals surface area contributed by atoms with Gasteiger partial charge >= 0.3 is 6.01 Å². The Balaban J connectivity index is 1.09. The molecule has 4 aliphatic heterocycles. The number of carbonyl (C=O) groups excluding carboxylic acids is 1. The monoisotopic (exact) mass is 728 g/mol. The number of benzene rings is 2. The number of nitrogens with one attached hydrogen (secondary N) is 1. The van der Waals surface area contributed by atoms with E-state index in [9.17, 15) is 4.79 Å². The van der Waals surface area contributed by atoms with E-state index in [1.807, 2.05) is 0 Å². The van der Waals surface area contributed by atoms with Gasteiger partial charge in [0.05, 0.1) is 17.0 Å². The first kappa shape index (κ1) is 34.4. The Hall–Kier alpha value is -3.64. The molecule has 1 amide bonds. The van der Waals surface area contributed by atoms with Crippen LogP contribution in [0.15, 0.2) is 66.9 Å². The third kappa shape index (κ3) is 6.09.